The summed E-state index contributed by atoms with van der Waals surface area (Å²) in [5, 5.41) is 14.5. The predicted molar refractivity (Wildman–Crippen MR) is 79.1 cm³/mol. The number of fused-ring (bicyclic) bond motifs is 2. The summed E-state index contributed by atoms with van der Waals surface area (Å²) in [5.41, 5.74) is 0.448. The first-order valence-corrected chi connectivity index (χ1v) is 8.32. The first kappa shape index (κ1) is 13.9. The van der Waals surface area contributed by atoms with Gasteiger partial charge in [0, 0.05) is 12.6 Å². The van der Waals surface area contributed by atoms with Crippen LogP contribution in [0.5, 0.6) is 0 Å². The monoisotopic (exact) mass is 265 g/mol. The molecule has 0 aromatic heterocycles. The SMILES string of the molecule is CC12CCC(C1)C(C)(C)C2NCC1(O)CCCCC1. The molecule has 3 unspecified atom stereocenters. The molecule has 3 atom stereocenters. The van der Waals surface area contributed by atoms with Crippen molar-refractivity contribution in [3.63, 3.8) is 0 Å². The molecule has 0 aromatic carbocycles. The van der Waals surface area contributed by atoms with Crippen LogP contribution in [0.2, 0.25) is 0 Å². The minimum Gasteiger partial charge on any atom is -0.389 e. The van der Waals surface area contributed by atoms with Crippen LogP contribution in [0, 0.1) is 16.7 Å². The van der Waals surface area contributed by atoms with Crippen molar-refractivity contribution in [1.29, 1.82) is 0 Å². The molecule has 0 radical (unpaired) electrons. The Kier molecular flexibility index (Phi) is 3.26. The average molecular weight is 265 g/mol. The molecule has 0 aromatic rings. The van der Waals surface area contributed by atoms with Crippen molar-refractivity contribution < 1.29 is 5.11 Å². The van der Waals surface area contributed by atoms with Crippen molar-refractivity contribution >= 4 is 0 Å². The van der Waals surface area contributed by atoms with Gasteiger partial charge in [-0.2, -0.15) is 0 Å². The van der Waals surface area contributed by atoms with Crippen molar-refractivity contribution in [1.82, 2.24) is 5.32 Å². The van der Waals surface area contributed by atoms with E-state index >= 15 is 0 Å². The number of aliphatic hydroxyl groups is 1. The third kappa shape index (κ3) is 2.25. The summed E-state index contributed by atoms with van der Waals surface area (Å²) >= 11 is 0. The number of rotatable bonds is 3. The Morgan fingerprint density at radius 1 is 1.05 bits per heavy atom. The molecule has 3 aliphatic carbocycles. The number of hydrogen-bond donors (Lipinski definition) is 2. The number of nitrogens with one attached hydrogen (secondary N) is 1. The second-order valence-electron chi connectivity index (χ2n) is 8.51. The van der Waals surface area contributed by atoms with Crippen molar-refractivity contribution in [2.45, 2.75) is 83.8 Å². The maximum Gasteiger partial charge on any atom is 0.0771 e. The van der Waals surface area contributed by atoms with E-state index in [-0.39, 0.29) is 0 Å². The summed E-state index contributed by atoms with van der Waals surface area (Å²) < 4.78 is 0. The maximum absolute atomic E-state index is 10.7. The fourth-order valence-corrected chi connectivity index (χ4v) is 5.49. The van der Waals surface area contributed by atoms with Crippen LogP contribution in [0.3, 0.4) is 0 Å². The Labute approximate surface area is 118 Å². The lowest BCUT2D eigenvalue weighted by atomic mass is 9.68. The van der Waals surface area contributed by atoms with Gasteiger partial charge < -0.3 is 10.4 Å². The summed E-state index contributed by atoms with van der Waals surface area (Å²) in [5.74, 6) is 0.885. The van der Waals surface area contributed by atoms with E-state index in [0.717, 1.165) is 25.3 Å². The molecule has 0 heterocycles. The lowest BCUT2D eigenvalue weighted by Gasteiger charge is -2.45. The zero-order valence-electron chi connectivity index (χ0n) is 13.0. The molecular weight excluding hydrogens is 234 g/mol. The molecule has 2 nitrogen and oxygen atoms in total. The standard InChI is InChI=1S/C17H31NO/c1-15(2)13-7-10-16(3,11-13)14(15)18-12-17(19)8-5-4-6-9-17/h13-14,18-19H,4-12H2,1-3H3. The Hall–Kier alpha value is -0.0800. The molecule has 0 spiro atoms. The summed E-state index contributed by atoms with van der Waals surface area (Å²) in [6.45, 7) is 8.14. The molecule has 0 aliphatic heterocycles. The van der Waals surface area contributed by atoms with E-state index in [1.54, 1.807) is 0 Å². The normalized spacial score (nSPS) is 43.6. The van der Waals surface area contributed by atoms with Gasteiger partial charge in [0.25, 0.3) is 0 Å². The van der Waals surface area contributed by atoms with Crippen LogP contribution in [-0.4, -0.2) is 23.3 Å². The third-order valence-electron chi connectivity index (χ3n) is 6.69. The molecule has 2 N–H and O–H groups in total. The molecule has 2 bridgehead atoms. The first-order chi connectivity index (χ1) is 8.86. The van der Waals surface area contributed by atoms with Crippen LogP contribution in [0.4, 0.5) is 0 Å². The van der Waals surface area contributed by atoms with Gasteiger partial charge in [-0.25, -0.2) is 0 Å². The summed E-state index contributed by atoms with van der Waals surface area (Å²) in [7, 11) is 0. The smallest absolute Gasteiger partial charge is 0.0771 e. The highest BCUT2D eigenvalue weighted by Gasteiger charge is 2.59. The van der Waals surface area contributed by atoms with Crippen molar-refractivity contribution in [3.05, 3.63) is 0 Å². The highest BCUT2D eigenvalue weighted by atomic mass is 16.3. The minimum absolute atomic E-state index is 0.401. The fourth-order valence-electron chi connectivity index (χ4n) is 5.49. The summed E-state index contributed by atoms with van der Waals surface area (Å²) in [6.07, 6.45) is 9.86. The predicted octanol–water partition coefficient (Wildman–Crippen LogP) is 3.49. The van der Waals surface area contributed by atoms with E-state index in [4.69, 9.17) is 0 Å². The topological polar surface area (TPSA) is 32.3 Å². The molecule has 0 amide bonds. The zero-order valence-corrected chi connectivity index (χ0v) is 13.0. The second-order valence-corrected chi connectivity index (χ2v) is 8.51. The van der Waals surface area contributed by atoms with E-state index in [1.165, 1.54) is 38.5 Å². The molecule has 19 heavy (non-hydrogen) atoms. The van der Waals surface area contributed by atoms with Gasteiger partial charge in [0.2, 0.25) is 0 Å². The minimum atomic E-state index is -0.424. The van der Waals surface area contributed by atoms with Gasteiger partial charge in [0.15, 0.2) is 0 Å². The van der Waals surface area contributed by atoms with Crippen molar-refractivity contribution in [2.24, 2.45) is 16.7 Å². The van der Waals surface area contributed by atoms with E-state index in [0.29, 0.717) is 16.9 Å². The van der Waals surface area contributed by atoms with Gasteiger partial charge in [0.05, 0.1) is 5.60 Å². The first-order valence-electron chi connectivity index (χ1n) is 8.32. The van der Waals surface area contributed by atoms with Gasteiger partial charge in [-0.15, -0.1) is 0 Å². The lowest BCUT2D eigenvalue weighted by Crippen LogP contribution is -2.55. The van der Waals surface area contributed by atoms with E-state index in [1.807, 2.05) is 0 Å². The molecule has 0 saturated heterocycles. The fraction of sp³-hybridized carbons (Fsp3) is 1.00. The van der Waals surface area contributed by atoms with Gasteiger partial charge in [-0.1, -0.05) is 40.0 Å². The van der Waals surface area contributed by atoms with Gasteiger partial charge in [-0.05, 0) is 48.9 Å². The highest BCUT2D eigenvalue weighted by molar-refractivity contribution is 5.12. The second kappa shape index (κ2) is 4.46. The third-order valence-corrected chi connectivity index (χ3v) is 6.69. The Bertz CT molecular complexity index is 340. The molecule has 110 valence electrons. The molecule has 3 aliphatic rings. The Balaban J connectivity index is 1.66. The molecular formula is C17H31NO. The Morgan fingerprint density at radius 2 is 1.74 bits per heavy atom. The number of hydrogen-bond acceptors (Lipinski definition) is 2. The Morgan fingerprint density at radius 3 is 2.32 bits per heavy atom. The van der Waals surface area contributed by atoms with Gasteiger partial charge in [0.1, 0.15) is 0 Å². The van der Waals surface area contributed by atoms with Gasteiger partial charge in [-0.3, -0.25) is 0 Å². The van der Waals surface area contributed by atoms with Crippen LogP contribution >= 0.6 is 0 Å². The summed E-state index contributed by atoms with van der Waals surface area (Å²) in [4.78, 5) is 0. The molecule has 3 rings (SSSR count). The molecule has 2 heteroatoms. The quantitative estimate of drug-likeness (QED) is 0.819. The molecule has 3 fully saturated rings. The van der Waals surface area contributed by atoms with Crippen LogP contribution < -0.4 is 5.32 Å². The highest BCUT2D eigenvalue weighted by Crippen LogP contribution is 2.62. The zero-order chi connectivity index (χ0) is 13.7. The van der Waals surface area contributed by atoms with Crippen molar-refractivity contribution in [2.75, 3.05) is 6.54 Å². The van der Waals surface area contributed by atoms with Crippen LogP contribution in [0.15, 0.2) is 0 Å². The van der Waals surface area contributed by atoms with E-state index < -0.39 is 5.60 Å². The lowest BCUT2D eigenvalue weighted by molar-refractivity contribution is -0.00903. The van der Waals surface area contributed by atoms with E-state index in [2.05, 4.69) is 26.1 Å². The van der Waals surface area contributed by atoms with E-state index in [9.17, 15) is 5.11 Å². The maximum atomic E-state index is 10.7. The average Bonchev–Trinajstić information content (AvgIpc) is 2.80. The van der Waals surface area contributed by atoms with Crippen LogP contribution in [0.25, 0.3) is 0 Å². The van der Waals surface area contributed by atoms with Gasteiger partial charge >= 0.3 is 0 Å². The van der Waals surface area contributed by atoms with Crippen molar-refractivity contribution in [3.8, 4) is 0 Å². The van der Waals surface area contributed by atoms with Crippen LogP contribution in [0.1, 0.15) is 72.1 Å². The largest absolute Gasteiger partial charge is 0.389 e. The molecule has 3 saturated carbocycles. The van der Waals surface area contributed by atoms with Crippen LogP contribution in [-0.2, 0) is 0 Å². The summed E-state index contributed by atoms with van der Waals surface area (Å²) in [6, 6.07) is 0.588.